The fraction of sp³-hybridized carbons (Fsp3) is 0.346. The van der Waals surface area contributed by atoms with Crippen molar-refractivity contribution in [3.05, 3.63) is 81.9 Å². The first-order valence-electron chi connectivity index (χ1n) is 11.8. The molecule has 2 heterocycles. The van der Waals surface area contributed by atoms with Crippen LogP contribution in [0.1, 0.15) is 54.8 Å². The number of nitrogens with one attached hydrogen (secondary N) is 1. The van der Waals surface area contributed by atoms with E-state index in [1.165, 1.54) is 0 Å². The molecule has 196 valence electrons. The van der Waals surface area contributed by atoms with Crippen LogP contribution >= 0.6 is 23.2 Å². The molecule has 9 nitrogen and oxygen atoms in total. The number of rotatable bonds is 10. The molecule has 0 bridgehead atoms. The smallest absolute Gasteiger partial charge is 0.303 e. The van der Waals surface area contributed by atoms with Gasteiger partial charge in [0.2, 0.25) is 5.91 Å². The summed E-state index contributed by atoms with van der Waals surface area (Å²) in [6.45, 7) is 0.360. The van der Waals surface area contributed by atoms with Crippen LogP contribution in [0.4, 0.5) is 5.69 Å². The first kappa shape index (κ1) is 27.1. The second-order valence-corrected chi connectivity index (χ2v) is 9.47. The molecule has 37 heavy (non-hydrogen) atoms. The van der Waals surface area contributed by atoms with Crippen molar-refractivity contribution in [2.75, 3.05) is 5.32 Å². The number of anilines is 1. The van der Waals surface area contributed by atoms with Gasteiger partial charge in [0.15, 0.2) is 11.4 Å². The lowest BCUT2D eigenvalue weighted by Crippen LogP contribution is -2.32. The van der Waals surface area contributed by atoms with E-state index in [0.717, 1.165) is 11.1 Å². The van der Waals surface area contributed by atoms with Gasteiger partial charge in [-0.2, -0.15) is 0 Å². The Bertz CT molecular complexity index is 1230. The molecule has 1 aromatic heterocycles. The average Bonchev–Trinajstić information content (AvgIpc) is 3.20. The number of hydrogen-bond donors (Lipinski definition) is 3. The van der Waals surface area contributed by atoms with Crippen molar-refractivity contribution in [2.24, 2.45) is 0 Å². The van der Waals surface area contributed by atoms with E-state index in [1.807, 2.05) is 30.3 Å². The van der Waals surface area contributed by atoms with E-state index in [0.29, 0.717) is 29.4 Å². The summed E-state index contributed by atoms with van der Waals surface area (Å²) in [5, 5.41) is 21.5. The van der Waals surface area contributed by atoms with Crippen molar-refractivity contribution in [3.8, 4) is 0 Å². The molecule has 1 amide bonds. The van der Waals surface area contributed by atoms with Crippen LogP contribution < -0.4 is 5.32 Å². The molecule has 3 unspecified atom stereocenters. The fourth-order valence-corrected chi connectivity index (χ4v) is 4.42. The highest BCUT2D eigenvalue weighted by Crippen LogP contribution is 2.39. The molecule has 1 aliphatic heterocycles. The molecule has 3 atom stereocenters. The predicted octanol–water partition coefficient (Wildman–Crippen LogP) is 5.12. The zero-order valence-electron chi connectivity index (χ0n) is 19.8. The van der Waals surface area contributed by atoms with E-state index in [2.05, 4.69) is 10.3 Å². The number of carbonyl (C=O) groups is 2. The standard InChI is InChI=1S/C26H27Cl2N3O6/c27-24-25(28)31(15-29-24)13-20-12-21(17-9-7-16(14-32)8-10-17)37-26(36-20)18-3-1-4-19(11-18)30-22(33)5-2-6-23(34)35/h1,3-4,7-11,15,20-21,26,32H,2,5-6,12-14H2,(H,30,33)(H,34,35). The number of benzene rings is 2. The van der Waals surface area contributed by atoms with E-state index in [9.17, 15) is 14.7 Å². The Balaban J connectivity index is 1.52. The number of carboxylic acid groups (broad SMARTS) is 1. The molecule has 0 radical (unpaired) electrons. The number of carboxylic acids is 1. The number of amides is 1. The maximum absolute atomic E-state index is 12.2. The molecule has 3 N–H and O–H groups in total. The second-order valence-electron chi connectivity index (χ2n) is 8.75. The normalized spacial score (nSPS) is 19.5. The molecule has 0 saturated carbocycles. The van der Waals surface area contributed by atoms with Crippen molar-refractivity contribution in [1.82, 2.24) is 9.55 Å². The molecule has 1 saturated heterocycles. The van der Waals surface area contributed by atoms with E-state index in [-0.39, 0.29) is 49.1 Å². The first-order valence-corrected chi connectivity index (χ1v) is 12.6. The monoisotopic (exact) mass is 547 g/mol. The number of aliphatic hydroxyl groups is 1. The molecule has 11 heteroatoms. The SMILES string of the molecule is O=C(O)CCCC(=O)Nc1cccc(C2OC(Cn3cnc(Cl)c3Cl)CC(c3ccc(CO)cc3)O2)c1. The number of hydrogen-bond acceptors (Lipinski definition) is 6. The van der Waals surface area contributed by atoms with Gasteiger partial charge in [-0.25, -0.2) is 4.98 Å². The molecule has 2 aromatic carbocycles. The van der Waals surface area contributed by atoms with Crippen molar-refractivity contribution in [2.45, 2.75) is 57.3 Å². The molecule has 0 spiro atoms. The van der Waals surface area contributed by atoms with Crippen LogP contribution in [0.2, 0.25) is 10.3 Å². The number of nitrogens with zero attached hydrogens (tertiary/aromatic N) is 2. The zero-order chi connectivity index (χ0) is 26.4. The molecule has 4 rings (SSSR count). The maximum Gasteiger partial charge on any atom is 0.303 e. The summed E-state index contributed by atoms with van der Waals surface area (Å²) in [6, 6.07) is 14.7. The summed E-state index contributed by atoms with van der Waals surface area (Å²) >= 11 is 12.3. The van der Waals surface area contributed by atoms with Crippen LogP contribution in [-0.4, -0.2) is 37.7 Å². The number of ether oxygens (including phenoxy) is 2. The van der Waals surface area contributed by atoms with E-state index in [4.69, 9.17) is 37.8 Å². The van der Waals surface area contributed by atoms with Crippen LogP contribution in [0.3, 0.4) is 0 Å². The van der Waals surface area contributed by atoms with Gasteiger partial charge >= 0.3 is 5.97 Å². The molecule has 1 aliphatic rings. The summed E-state index contributed by atoms with van der Waals surface area (Å²) in [4.78, 5) is 27.0. The van der Waals surface area contributed by atoms with Crippen molar-refractivity contribution in [3.63, 3.8) is 0 Å². The van der Waals surface area contributed by atoms with E-state index < -0.39 is 12.3 Å². The summed E-state index contributed by atoms with van der Waals surface area (Å²) < 4.78 is 14.4. The third-order valence-electron chi connectivity index (χ3n) is 5.99. The molecular formula is C26H27Cl2N3O6. The second kappa shape index (κ2) is 12.5. The van der Waals surface area contributed by atoms with Gasteiger partial charge in [0.25, 0.3) is 0 Å². The fourth-order valence-electron chi connectivity index (χ4n) is 4.11. The van der Waals surface area contributed by atoms with Crippen LogP contribution in [0.5, 0.6) is 0 Å². The van der Waals surface area contributed by atoms with Crippen LogP contribution in [0.15, 0.2) is 54.9 Å². The number of aliphatic carboxylic acids is 1. The maximum atomic E-state index is 12.2. The van der Waals surface area contributed by atoms with Crippen LogP contribution in [0, 0.1) is 0 Å². The Kier molecular flexibility index (Phi) is 9.18. The quantitative estimate of drug-likeness (QED) is 0.321. The minimum atomic E-state index is -0.934. The summed E-state index contributed by atoms with van der Waals surface area (Å²) in [7, 11) is 0. The Labute approximate surface area is 223 Å². The number of aliphatic hydroxyl groups excluding tert-OH is 1. The van der Waals surface area contributed by atoms with Gasteiger partial charge in [-0.15, -0.1) is 0 Å². The van der Waals surface area contributed by atoms with Crippen LogP contribution in [0.25, 0.3) is 0 Å². The summed E-state index contributed by atoms with van der Waals surface area (Å²) in [5.74, 6) is -1.20. The Morgan fingerprint density at radius 2 is 1.86 bits per heavy atom. The Morgan fingerprint density at radius 1 is 1.08 bits per heavy atom. The van der Waals surface area contributed by atoms with E-state index in [1.54, 1.807) is 29.1 Å². The van der Waals surface area contributed by atoms with Gasteiger partial charge < -0.3 is 29.6 Å². The predicted molar refractivity (Wildman–Crippen MR) is 137 cm³/mol. The van der Waals surface area contributed by atoms with Crippen molar-refractivity contribution in [1.29, 1.82) is 0 Å². The largest absolute Gasteiger partial charge is 0.481 e. The Hall–Kier alpha value is -2.95. The third kappa shape index (κ3) is 7.30. The minimum absolute atomic E-state index is 0.0468. The summed E-state index contributed by atoms with van der Waals surface area (Å²) in [5.41, 5.74) is 3.00. The van der Waals surface area contributed by atoms with Gasteiger partial charge in [-0.3, -0.25) is 9.59 Å². The Morgan fingerprint density at radius 3 is 2.54 bits per heavy atom. The molecular weight excluding hydrogens is 521 g/mol. The summed E-state index contributed by atoms with van der Waals surface area (Å²) in [6.07, 6.45) is 1.07. The lowest BCUT2D eigenvalue weighted by atomic mass is 10.00. The topological polar surface area (TPSA) is 123 Å². The van der Waals surface area contributed by atoms with Crippen molar-refractivity contribution >= 4 is 40.8 Å². The van der Waals surface area contributed by atoms with Gasteiger partial charge in [0.05, 0.1) is 31.7 Å². The number of aromatic nitrogens is 2. The zero-order valence-corrected chi connectivity index (χ0v) is 21.4. The third-order valence-corrected chi connectivity index (χ3v) is 6.75. The van der Waals surface area contributed by atoms with Crippen LogP contribution in [-0.2, 0) is 32.2 Å². The van der Waals surface area contributed by atoms with Crippen molar-refractivity contribution < 1.29 is 29.3 Å². The number of halogens is 2. The molecule has 0 aliphatic carbocycles. The lowest BCUT2D eigenvalue weighted by Gasteiger charge is -2.36. The van der Waals surface area contributed by atoms with Gasteiger partial charge in [0.1, 0.15) is 5.15 Å². The average molecular weight is 548 g/mol. The van der Waals surface area contributed by atoms with Gasteiger partial charge in [-0.1, -0.05) is 59.6 Å². The first-order chi connectivity index (χ1) is 17.8. The number of imidazole rings is 1. The van der Waals surface area contributed by atoms with E-state index >= 15 is 0 Å². The molecule has 1 fully saturated rings. The minimum Gasteiger partial charge on any atom is -0.481 e. The lowest BCUT2D eigenvalue weighted by molar-refractivity contribution is -0.252. The highest BCUT2D eigenvalue weighted by molar-refractivity contribution is 6.40. The molecule has 3 aromatic rings. The van der Waals surface area contributed by atoms with Gasteiger partial charge in [0, 0.05) is 30.5 Å². The number of carbonyl (C=O) groups excluding carboxylic acids is 1. The van der Waals surface area contributed by atoms with Gasteiger partial charge in [-0.05, 0) is 29.7 Å². The highest BCUT2D eigenvalue weighted by atomic mass is 35.5. The highest BCUT2D eigenvalue weighted by Gasteiger charge is 2.33.